The average Bonchev–Trinajstić information content (AvgIpc) is 3.04. The van der Waals surface area contributed by atoms with Crippen molar-refractivity contribution in [1.29, 1.82) is 0 Å². The van der Waals surface area contributed by atoms with Gasteiger partial charge < -0.3 is 9.64 Å². The minimum Gasteiger partial charge on any atom is -0.494 e. The van der Waals surface area contributed by atoms with E-state index in [9.17, 15) is 4.79 Å². The fourth-order valence-corrected chi connectivity index (χ4v) is 4.23. The second-order valence-electron chi connectivity index (χ2n) is 6.48. The van der Waals surface area contributed by atoms with Crippen molar-refractivity contribution < 1.29 is 9.53 Å². The van der Waals surface area contributed by atoms with E-state index in [0.29, 0.717) is 40.4 Å². The molecule has 3 rings (SSSR count). The van der Waals surface area contributed by atoms with E-state index in [1.807, 2.05) is 44.1 Å². The first-order valence-electron chi connectivity index (χ1n) is 8.83. The van der Waals surface area contributed by atoms with Gasteiger partial charge in [-0.1, -0.05) is 34.5 Å². The molecule has 0 bridgehead atoms. The number of aromatic nitrogens is 1. The van der Waals surface area contributed by atoms with Crippen molar-refractivity contribution >= 4 is 68.2 Å². The van der Waals surface area contributed by atoms with Crippen LogP contribution in [0.1, 0.15) is 17.3 Å². The highest BCUT2D eigenvalue weighted by Gasteiger charge is 2.22. The summed E-state index contributed by atoms with van der Waals surface area (Å²) in [5.74, 6) is 0.605. The summed E-state index contributed by atoms with van der Waals surface area (Å²) in [6.07, 6.45) is 0. The maximum Gasteiger partial charge on any atom is 0.260 e. The maximum absolute atomic E-state index is 13.2. The number of carbonyl (C=O) groups is 1. The summed E-state index contributed by atoms with van der Waals surface area (Å²) in [6.45, 7) is 3.73. The van der Waals surface area contributed by atoms with Crippen LogP contribution in [0.25, 0.3) is 10.2 Å². The third-order valence-electron chi connectivity index (χ3n) is 4.02. The minimum atomic E-state index is -0.185. The summed E-state index contributed by atoms with van der Waals surface area (Å²) in [7, 11) is 3.93. The van der Waals surface area contributed by atoms with Gasteiger partial charge in [0.05, 0.1) is 16.8 Å². The van der Waals surface area contributed by atoms with Gasteiger partial charge in [0, 0.05) is 28.7 Å². The third kappa shape index (κ3) is 5.96. The van der Waals surface area contributed by atoms with Gasteiger partial charge in [-0.2, -0.15) is 0 Å². The first-order chi connectivity index (χ1) is 13.4. The van der Waals surface area contributed by atoms with Crippen LogP contribution in [-0.4, -0.2) is 49.6 Å². The van der Waals surface area contributed by atoms with Gasteiger partial charge in [0.2, 0.25) is 0 Å². The Hall–Kier alpha value is -1.57. The summed E-state index contributed by atoms with van der Waals surface area (Å²) in [4.78, 5) is 21.6. The van der Waals surface area contributed by atoms with Crippen molar-refractivity contribution in [2.45, 2.75) is 6.92 Å². The molecule has 29 heavy (non-hydrogen) atoms. The van der Waals surface area contributed by atoms with Crippen LogP contribution in [-0.2, 0) is 0 Å². The lowest BCUT2D eigenvalue weighted by atomic mass is 10.2. The monoisotopic (exact) mass is 473 g/mol. The van der Waals surface area contributed by atoms with Crippen molar-refractivity contribution in [2.75, 3.05) is 38.7 Å². The predicted octanol–water partition coefficient (Wildman–Crippen LogP) is 5.63. The van der Waals surface area contributed by atoms with Gasteiger partial charge >= 0.3 is 0 Å². The van der Waals surface area contributed by atoms with E-state index >= 15 is 0 Å². The number of rotatable bonds is 7. The normalized spacial score (nSPS) is 10.8. The van der Waals surface area contributed by atoms with E-state index < -0.39 is 0 Å². The number of nitrogens with zero attached hydrogens (tertiary/aromatic N) is 3. The zero-order chi connectivity index (χ0) is 20.3. The lowest BCUT2D eigenvalue weighted by Crippen LogP contribution is -2.36. The molecule has 0 fully saturated rings. The minimum absolute atomic E-state index is 0. The first kappa shape index (κ1) is 23.7. The molecule has 0 N–H and O–H groups in total. The van der Waals surface area contributed by atoms with Crippen molar-refractivity contribution in [1.82, 2.24) is 9.88 Å². The highest BCUT2D eigenvalue weighted by Crippen LogP contribution is 2.32. The van der Waals surface area contributed by atoms with E-state index in [1.165, 1.54) is 11.3 Å². The molecule has 9 heteroatoms. The summed E-state index contributed by atoms with van der Waals surface area (Å²) in [5, 5.41) is 1.48. The van der Waals surface area contributed by atoms with Crippen LogP contribution in [0.2, 0.25) is 10.0 Å². The molecule has 0 saturated heterocycles. The molecule has 0 spiro atoms. The summed E-state index contributed by atoms with van der Waals surface area (Å²) in [6, 6.07) is 10.6. The lowest BCUT2D eigenvalue weighted by molar-refractivity contribution is 0.0985. The highest BCUT2D eigenvalue weighted by molar-refractivity contribution is 7.22. The number of ether oxygens (including phenoxy) is 1. The fraction of sp³-hybridized carbons (Fsp3) is 0.300. The number of anilines is 1. The molecular weight excluding hydrogens is 453 g/mol. The Labute approximate surface area is 190 Å². The summed E-state index contributed by atoms with van der Waals surface area (Å²) < 4.78 is 6.53. The summed E-state index contributed by atoms with van der Waals surface area (Å²) >= 11 is 13.6. The van der Waals surface area contributed by atoms with Crippen molar-refractivity contribution in [2.24, 2.45) is 0 Å². The summed E-state index contributed by atoms with van der Waals surface area (Å²) in [5.41, 5.74) is 1.26. The van der Waals surface area contributed by atoms with Gasteiger partial charge in [-0.05, 0) is 57.4 Å². The van der Waals surface area contributed by atoms with Gasteiger partial charge in [0.1, 0.15) is 5.75 Å². The van der Waals surface area contributed by atoms with E-state index in [4.69, 9.17) is 27.9 Å². The average molecular weight is 475 g/mol. The molecule has 0 atom stereocenters. The highest BCUT2D eigenvalue weighted by atomic mass is 35.5. The number of carbonyl (C=O) groups excluding carboxylic acids is 1. The number of benzene rings is 2. The Kier molecular flexibility index (Phi) is 8.55. The molecule has 0 unspecified atom stereocenters. The third-order valence-corrected chi connectivity index (χ3v) is 5.49. The van der Waals surface area contributed by atoms with Crippen LogP contribution < -0.4 is 9.64 Å². The van der Waals surface area contributed by atoms with Crippen LogP contribution in [0.5, 0.6) is 5.75 Å². The van der Waals surface area contributed by atoms with E-state index in [-0.39, 0.29) is 18.3 Å². The Morgan fingerprint density at radius 1 is 1.10 bits per heavy atom. The quantitative estimate of drug-likeness (QED) is 0.445. The van der Waals surface area contributed by atoms with Gasteiger partial charge in [-0.25, -0.2) is 4.98 Å². The van der Waals surface area contributed by atoms with Crippen LogP contribution in [0.4, 0.5) is 5.13 Å². The van der Waals surface area contributed by atoms with Gasteiger partial charge in [0.15, 0.2) is 5.13 Å². The maximum atomic E-state index is 13.2. The molecule has 0 aliphatic heterocycles. The Morgan fingerprint density at radius 2 is 1.79 bits per heavy atom. The molecule has 3 aromatic rings. The molecule has 0 radical (unpaired) electrons. The van der Waals surface area contributed by atoms with Gasteiger partial charge in [-0.15, -0.1) is 12.4 Å². The number of thiazole rings is 1. The molecule has 1 amide bonds. The van der Waals surface area contributed by atoms with E-state index in [0.717, 1.165) is 16.0 Å². The molecule has 2 aromatic carbocycles. The number of hydrogen-bond acceptors (Lipinski definition) is 5. The molecule has 5 nitrogen and oxygen atoms in total. The van der Waals surface area contributed by atoms with E-state index in [1.54, 1.807) is 23.1 Å². The van der Waals surface area contributed by atoms with Crippen molar-refractivity contribution in [3.05, 3.63) is 52.0 Å². The van der Waals surface area contributed by atoms with Crippen LogP contribution in [0, 0.1) is 0 Å². The largest absolute Gasteiger partial charge is 0.494 e. The number of likely N-dealkylation sites (N-methyl/N-ethyl adjacent to an activating group) is 1. The molecule has 0 aliphatic carbocycles. The zero-order valence-electron chi connectivity index (χ0n) is 16.3. The molecule has 156 valence electrons. The first-order valence-corrected chi connectivity index (χ1v) is 10.4. The topological polar surface area (TPSA) is 45.7 Å². The number of halogens is 3. The second kappa shape index (κ2) is 10.5. The molecular formula is C20H22Cl3N3O2S. The van der Waals surface area contributed by atoms with Crippen LogP contribution in [0.15, 0.2) is 36.4 Å². The zero-order valence-corrected chi connectivity index (χ0v) is 19.5. The number of hydrogen-bond donors (Lipinski definition) is 0. The second-order valence-corrected chi connectivity index (χ2v) is 8.36. The number of amides is 1. The van der Waals surface area contributed by atoms with Crippen molar-refractivity contribution in [3.63, 3.8) is 0 Å². The fourth-order valence-electron chi connectivity index (χ4n) is 2.68. The Bertz CT molecular complexity index is 974. The van der Waals surface area contributed by atoms with E-state index in [2.05, 4.69) is 4.98 Å². The Morgan fingerprint density at radius 3 is 2.41 bits per heavy atom. The van der Waals surface area contributed by atoms with Crippen molar-refractivity contribution in [3.8, 4) is 5.75 Å². The van der Waals surface area contributed by atoms with Crippen LogP contribution in [0.3, 0.4) is 0 Å². The van der Waals surface area contributed by atoms with Gasteiger partial charge in [0.25, 0.3) is 5.91 Å². The standard InChI is InChI=1S/C20H21Cl2N3O2S.ClH/c1-4-27-16-5-6-17-18(12-16)28-20(23-17)25(8-7-24(2)3)19(26)13-9-14(21)11-15(22)10-13;/h5-6,9-12H,4,7-8H2,1-3H3;1H. The predicted molar refractivity (Wildman–Crippen MR) is 125 cm³/mol. The SMILES string of the molecule is CCOc1ccc2nc(N(CCN(C)C)C(=O)c3cc(Cl)cc(Cl)c3)sc2c1.Cl. The lowest BCUT2D eigenvalue weighted by Gasteiger charge is -2.22. The smallest absolute Gasteiger partial charge is 0.260 e. The molecule has 1 aromatic heterocycles. The van der Waals surface area contributed by atoms with Gasteiger partial charge in [-0.3, -0.25) is 9.69 Å². The molecule has 0 aliphatic rings. The Balaban J connectivity index is 0.00000300. The number of fused-ring (bicyclic) bond motifs is 1. The molecule has 1 heterocycles. The molecule has 0 saturated carbocycles. The van der Waals surface area contributed by atoms with Crippen LogP contribution >= 0.6 is 46.9 Å².